The molecule has 0 spiro atoms. The Labute approximate surface area is 124 Å². The zero-order valence-electron chi connectivity index (χ0n) is 11.9. The molecule has 0 radical (unpaired) electrons. The first-order valence-electron chi connectivity index (χ1n) is 6.60. The molecule has 1 heterocycles. The van der Waals surface area contributed by atoms with Gasteiger partial charge in [-0.05, 0) is 31.7 Å². The van der Waals surface area contributed by atoms with Crippen LogP contribution < -0.4 is 0 Å². The Kier molecular flexibility index (Phi) is 5.37. The second-order valence-corrected chi connectivity index (χ2v) is 6.05. The van der Waals surface area contributed by atoms with Gasteiger partial charge in [0, 0.05) is 18.0 Å². The number of aryl methyl sites for hydroxylation is 1. The Hall–Kier alpha value is -1.60. The topological polar surface area (TPSA) is 23.5 Å². The number of rotatable bonds is 4. The summed E-state index contributed by atoms with van der Waals surface area (Å²) in [5.74, 6) is 5.62. The molecular weight excluding hydrogens is 266 g/mol. The molecular formula is C17H19NOS. The van der Waals surface area contributed by atoms with Crippen molar-refractivity contribution in [3.63, 3.8) is 0 Å². The second kappa shape index (κ2) is 7.25. The Morgan fingerprint density at radius 2 is 1.85 bits per heavy atom. The third kappa shape index (κ3) is 4.50. The molecule has 104 valence electrons. The molecule has 0 aliphatic rings. The summed E-state index contributed by atoms with van der Waals surface area (Å²) in [7, 11) is 2.12. The van der Waals surface area contributed by atoms with Crippen molar-refractivity contribution in [2.75, 3.05) is 13.7 Å². The number of aliphatic hydroxyl groups excluding tert-OH is 1. The van der Waals surface area contributed by atoms with E-state index in [4.69, 9.17) is 5.11 Å². The van der Waals surface area contributed by atoms with Crippen LogP contribution in [-0.2, 0) is 13.1 Å². The zero-order chi connectivity index (χ0) is 14.4. The Morgan fingerprint density at radius 3 is 2.55 bits per heavy atom. The summed E-state index contributed by atoms with van der Waals surface area (Å²) in [4.78, 5) is 4.60. The van der Waals surface area contributed by atoms with Crippen LogP contribution in [0.15, 0.2) is 36.4 Å². The summed E-state index contributed by atoms with van der Waals surface area (Å²) < 4.78 is 0. The normalized spacial score (nSPS) is 10.4. The number of benzene rings is 1. The maximum atomic E-state index is 8.69. The molecule has 0 bridgehead atoms. The molecule has 0 unspecified atom stereocenters. The average molecular weight is 285 g/mol. The van der Waals surface area contributed by atoms with E-state index in [9.17, 15) is 0 Å². The fourth-order valence-corrected chi connectivity index (χ4v) is 2.95. The highest BCUT2D eigenvalue weighted by atomic mass is 32.1. The van der Waals surface area contributed by atoms with Crippen LogP contribution in [0.3, 0.4) is 0 Å². The number of hydrogen-bond donors (Lipinski definition) is 1. The first-order chi connectivity index (χ1) is 9.67. The third-order valence-electron chi connectivity index (χ3n) is 2.95. The molecule has 0 aliphatic heterocycles. The number of hydrogen-bond acceptors (Lipinski definition) is 3. The van der Waals surface area contributed by atoms with Gasteiger partial charge in [0.05, 0.1) is 4.88 Å². The van der Waals surface area contributed by atoms with Crippen LogP contribution in [0.25, 0.3) is 0 Å². The number of aliphatic hydroxyl groups is 1. The Bertz CT molecular complexity index is 604. The van der Waals surface area contributed by atoms with E-state index in [1.807, 2.05) is 6.07 Å². The third-order valence-corrected chi connectivity index (χ3v) is 3.94. The van der Waals surface area contributed by atoms with Crippen molar-refractivity contribution in [3.8, 4) is 11.8 Å². The fourth-order valence-electron chi connectivity index (χ4n) is 1.98. The zero-order valence-corrected chi connectivity index (χ0v) is 12.7. The molecule has 0 saturated carbocycles. The Morgan fingerprint density at radius 1 is 1.10 bits per heavy atom. The summed E-state index contributed by atoms with van der Waals surface area (Å²) in [6.07, 6.45) is 0. The first kappa shape index (κ1) is 14.8. The van der Waals surface area contributed by atoms with Crippen molar-refractivity contribution in [3.05, 3.63) is 57.3 Å². The van der Waals surface area contributed by atoms with Gasteiger partial charge in [0.25, 0.3) is 0 Å². The minimum Gasteiger partial charge on any atom is -0.384 e. The molecule has 1 aromatic heterocycles. The van der Waals surface area contributed by atoms with Gasteiger partial charge in [-0.1, -0.05) is 41.7 Å². The van der Waals surface area contributed by atoms with Gasteiger partial charge in [0.1, 0.15) is 6.61 Å². The monoisotopic (exact) mass is 285 g/mol. The minimum atomic E-state index is -0.0828. The highest BCUT2D eigenvalue weighted by Crippen LogP contribution is 2.18. The highest BCUT2D eigenvalue weighted by Gasteiger charge is 2.04. The van der Waals surface area contributed by atoms with Crippen LogP contribution in [0.4, 0.5) is 0 Å². The van der Waals surface area contributed by atoms with Crippen molar-refractivity contribution in [2.45, 2.75) is 20.0 Å². The first-order valence-corrected chi connectivity index (χ1v) is 7.41. The predicted octanol–water partition coefficient (Wildman–Crippen LogP) is 3.03. The largest absolute Gasteiger partial charge is 0.384 e. The Balaban J connectivity index is 1.92. The van der Waals surface area contributed by atoms with E-state index in [1.54, 1.807) is 11.3 Å². The van der Waals surface area contributed by atoms with Crippen LogP contribution in [-0.4, -0.2) is 23.7 Å². The molecule has 0 aliphatic carbocycles. The molecule has 0 atom stereocenters. The van der Waals surface area contributed by atoms with Gasteiger partial charge in [-0.2, -0.15) is 0 Å². The standard InChI is InChI=1S/C17H19NOS/c1-14-5-7-15(8-6-14)12-18(2)13-17-10-9-16(20-17)4-3-11-19/h5-10,19H,11-13H2,1-2H3. The molecule has 2 rings (SSSR count). The van der Waals surface area contributed by atoms with Crippen molar-refractivity contribution in [1.82, 2.24) is 4.90 Å². The fraction of sp³-hybridized carbons (Fsp3) is 0.294. The van der Waals surface area contributed by atoms with Crippen LogP contribution in [0.1, 0.15) is 20.9 Å². The van der Waals surface area contributed by atoms with Crippen LogP contribution in [0, 0.1) is 18.8 Å². The molecule has 1 aromatic carbocycles. The quantitative estimate of drug-likeness (QED) is 0.873. The van der Waals surface area contributed by atoms with Gasteiger partial charge in [-0.3, -0.25) is 4.90 Å². The summed E-state index contributed by atoms with van der Waals surface area (Å²) in [5, 5.41) is 8.69. The molecule has 20 heavy (non-hydrogen) atoms. The summed E-state index contributed by atoms with van der Waals surface area (Å²) in [6.45, 7) is 3.88. The number of nitrogens with zero attached hydrogens (tertiary/aromatic N) is 1. The van der Waals surface area contributed by atoms with Crippen molar-refractivity contribution in [2.24, 2.45) is 0 Å². The molecule has 2 nitrogen and oxygen atoms in total. The van der Waals surface area contributed by atoms with Crippen molar-refractivity contribution in [1.29, 1.82) is 0 Å². The van der Waals surface area contributed by atoms with E-state index in [2.05, 4.69) is 61.0 Å². The van der Waals surface area contributed by atoms with Crippen LogP contribution >= 0.6 is 11.3 Å². The molecule has 0 amide bonds. The maximum Gasteiger partial charge on any atom is 0.104 e. The lowest BCUT2D eigenvalue weighted by Gasteiger charge is -2.15. The van der Waals surface area contributed by atoms with E-state index in [0.29, 0.717) is 0 Å². The lowest BCUT2D eigenvalue weighted by Crippen LogP contribution is -2.16. The SMILES string of the molecule is Cc1ccc(CN(C)Cc2ccc(C#CCO)s2)cc1. The summed E-state index contributed by atoms with van der Waals surface area (Å²) in [6, 6.07) is 12.8. The van der Waals surface area contributed by atoms with Gasteiger partial charge < -0.3 is 5.11 Å². The number of thiophene rings is 1. The minimum absolute atomic E-state index is 0.0828. The van der Waals surface area contributed by atoms with Gasteiger partial charge in [-0.25, -0.2) is 0 Å². The van der Waals surface area contributed by atoms with Crippen molar-refractivity contribution >= 4 is 11.3 Å². The summed E-state index contributed by atoms with van der Waals surface area (Å²) >= 11 is 1.69. The second-order valence-electron chi connectivity index (χ2n) is 4.88. The van der Waals surface area contributed by atoms with Gasteiger partial charge in [0.15, 0.2) is 0 Å². The average Bonchev–Trinajstić information content (AvgIpc) is 2.86. The van der Waals surface area contributed by atoms with Crippen LogP contribution in [0.2, 0.25) is 0 Å². The van der Waals surface area contributed by atoms with Gasteiger partial charge in [-0.15, -0.1) is 11.3 Å². The molecule has 2 aromatic rings. The lowest BCUT2D eigenvalue weighted by molar-refractivity contribution is 0.322. The lowest BCUT2D eigenvalue weighted by atomic mass is 10.1. The van der Waals surface area contributed by atoms with Crippen LogP contribution in [0.5, 0.6) is 0 Å². The molecule has 3 heteroatoms. The maximum absolute atomic E-state index is 8.69. The van der Waals surface area contributed by atoms with E-state index < -0.39 is 0 Å². The highest BCUT2D eigenvalue weighted by molar-refractivity contribution is 7.12. The summed E-state index contributed by atoms with van der Waals surface area (Å²) in [5.41, 5.74) is 2.62. The predicted molar refractivity (Wildman–Crippen MR) is 84.6 cm³/mol. The van der Waals surface area contributed by atoms with E-state index in [-0.39, 0.29) is 6.61 Å². The van der Waals surface area contributed by atoms with E-state index in [0.717, 1.165) is 18.0 Å². The van der Waals surface area contributed by atoms with E-state index >= 15 is 0 Å². The van der Waals surface area contributed by atoms with Crippen molar-refractivity contribution < 1.29 is 5.11 Å². The molecule has 0 saturated heterocycles. The molecule has 0 fully saturated rings. The van der Waals surface area contributed by atoms with Gasteiger partial charge >= 0.3 is 0 Å². The van der Waals surface area contributed by atoms with Gasteiger partial charge in [0.2, 0.25) is 0 Å². The molecule has 1 N–H and O–H groups in total. The smallest absolute Gasteiger partial charge is 0.104 e. The van der Waals surface area contributed by atoms with E-state index in [1.165, 1.54) is 16.0 Å².